The van der Waals surface area contributed by atoms with Crippen molar-refractivity contribution in [3.8, 4) is 11.3 Å². The number of rotatable bonds is 10. The van der Waals surface area contributed by atoms with Gasteiger partial charge in [-0.1, -0.05) is 43.3 Å². The van der Waals surface area contributed by atoms with E-state index in [1.807, 2.05) is 29.6 Å². The van der Waals surface area contributed by atoms with E-state index >= 15 is 0 Å². The van der Waals surface area contributed by atoms with E-state index in [1.54, 1.807) is 19.2 Å². The number of carbonyl (C=O) groups is 2. The molecule has 3 rings (SSSR count). The number of thioether (sulfide) groups is 1. The topological polar surface area (TPSA) is 80.3 Å². The average molecular weight is 456 g/mol. The van der Waals surface area contributed by atoms with Crippen LogP contribution in [0.3, 0.4) is 0 Å². The van der Waals surface area contributed by atoms with E-state index in [0.717, 1.165) is 22.6 Å². The highest BCUT2D eigenvalue weighted by atomic mass is 32.2. The number of hydrogen-bond donors (Lipinski definition) is 2. The summed E-state index contributed by atoms with van der Waals surface area (Å²) in [5.41, 5.74) is 3.64. The van der Waals surface area contributed by atoms with Gasteiger partial charge in [0.25, 0.3) is 5.91 Å². The first-order valence-corrected chi connectivity index (χ1v) is 11.8. The second-order valence-corrected chi connectivity index (χ2v) is 8.55. The fourth-order valence-electron chi connectivity index (χ4n) is 2.81. The van der Waals surface area contributed by atoms with Gasteiger partial charge in [-0.3, -0.25) is 14.9 Å². The van der Waals surface area contributed by atoms with Crippen molar-refractivity contribution >= 4 is 40.0 Å². The molecule has 0 fully saturated rings. The monoisotopic (exact) mass is 455 g/mol. The highest BCUT2D eigenvalue weighted by Gasteiger charge is 2.15. The molecule has 0 atom stereocenters. The van der Waals surface area contributed by atoms with Crippen molar-refractivity contribution in [2.24, 2.45) is 0 Å². The van der Waals surface area contributed by atoms with Crippen LogP contribution in [-0.2, 0) is 16.0 Å². The van der Waals surface area contributed by atoms with Gasteiger partial charge < -0.3 is 10.1 Å². The minimum Gasteiger partial charge on any atom is -0.383 e. The van der Waals surface area contributed by atoms with Crippen LogP contribution in [0.5, 0.6) is 0 Å². The molecule has 3 aromatic rings. The van der Waals surface area contributed by atoms with Crippen LogP contribution in [0.1, 0.15) is 22.8 Å². The lowest BCUT2D eigenvalue weighted by Gasteiger charge is -2.09. The number of nitrogens with one attached hydrogen (secondary N) is 2. The van der Waals surface area contributed by atoms with E-state index in [0.29, 0.717) is 23.8 Å². The summed E-state index contributed by atoms with van der Waals surface area (Å²) in [4.78, 5) is 30.1. The Morgan fingerprint density at radius 3 is 2.65 bits per heavy atom. The molecule has 162 valence electrons. The van der Waals surface area contributed by atoms with Gasteiger partial charge in [0.05, 0.1) is 23.6 Å². The smallest absolute Gasteiger partial charge is 0.258 e. The SMILES string of the molecule is CCc1ccc(-c2csc(NC(=O)c3ccccc3SCC(=O)NCCOC)n2)cc1. The molecule has 2 amide bonds. The lowest BCUT2D eigenvalue weighted by Crippen LogP contribution is -2.28. The van der Waals surface area contributed by atoms with Crippen LogP contribution in [0.15, 0.2) is 58.8 Å². The van der Waals surface area contributed by atoms with Gasteiger partial charge in [0.1, 0.15) is 0 Å². The summed E-state index contributed by atoms with van der Waals surface area (Å²) in [6.07, 6.45) is 0.991. The molecule has 2 N–H and O–H groups in total. The summed E-state index contributed by atoms with van der Waals surface area (Å²) in [6.45, 7) is 3.05. The Morgan fingerprint density at radius 1 is 1.13 bits per heavy atom. The third-order valence-corrected chi connectivity index (χ3v) is 6.33. The molecule has 0 spiro atoms. The lowest BCUT2D eigenvalue weighted by molar-refractivity contribution is -0.118. The van der Waals surface area contributed by atoms with E-state index in [2.05, 4.69) is 34.7 Å². The van der Waals surface area contributed by atoms with Crippen LogP contribution < -0.4 is 10.6 Å². The molecule has 0 unspecified atom stereocenters. The van der Waals surface area contributed by atoms with E-state index in [9.17, 15) is 9.59 Å². The van der Waals surface area contributed by atoms with Crippen molar-refractivity contribution in [3.05, 3.63) is 65.0 Å². The normalized spacial score (nSPS) is 10.6. The minimum absolute atomic E-state index is 0.101. The van der Waals surface area contributed by atoms with Gasteiger partial charge in [0, 0.05) is 29.5 Å². The molecule has 0 saturated carbocycles. The number of carbonyl (C=O) groups excluding carboxylic acids is 2. The Hall–Kier alpha value is -2.68. The maximum absolute atomic E-state index is 12.8. The van der Waals surface area contributed by atoms with Crippen molar-refractivity contribution in [2.45, 2.75) is 18.2 Å². The first kappa shape index (κ1) is 23.0. The first-order chi connectivity index (χ1) is 15.1. The number of hydrogen-bond acceptors (Lipinski definition) is 6. The zero-order chi connectivity index (χ0) is 22.1. The number of anilines is 1. The predicted molar refractivity (Wildman–Crippen MR) is 127 cm³/mol. The molecule has 0 aliphatic heterocycles. The second-order valence-electron chi connectivity index (χ2n) is 6.67. The standard InChI is InChI=1S/C23H25N3O3S2/c1-3-16-8-10-17(11-9-16)19-14-31-23(25-19)26-22(28)18-6-4-5-7-20(18)30-15-21(27)24-12-13-29-2/h4-11,14H,3,12-13,15H2,1-2H3,(H,24,27)(H,25,26,28). The molecule has 1 aromatic heterocycles. The van der Waals surface area contributed by atoms with Gasteiger partial charge in [0.15, 0.2) is 5.13 Å². The molecule has 0 radical (unpaired) electrons. The third-order valence-electron chi connectivity index (χ3n) is 4.50. The van der Waals surface area contributed by atoms with Crippen LogP contribution in [-0.4, -0.2) is 42.8 Å². The maximum Gasteiger partial charge on any atom is 0.258 e. The summed E-state index contributed by atoms with van der Waals surface area (Å²) >= 11 is 2.71. The van der Waals surface area contributed by atoms with Crippen molar-refractivity contribution in [1.29, 1.82) is 0 Å². The zero-order valence-electron chi connectivity index (χ0n) is 17.5. The number of methoxy groups -OCH3 is 1. The van der Waals surface area contributed by atoms with E-state index < -0.39 is 0 Å². The maximum atomic E-state index is 12.8. The molecule has 2 aromatic carbocycles. The van der Waals surface area contributed by atoms with Crippen LogP contribution in [0.2, 0.25) is 0 Å². The van der Waals surface area contributed by atoms with Crippen molar-refractivity contribution < 1.29 is 14.3 Å². The van der Waals surface area contributed by atoms with Gasteiger partial charge >= 0.3 is 0 Å². The number of ether oxygens (including phenoxy) is 1. The zero-order valence-corrected chi connectivity index (χ0v) is 19.1. The Bertz CT molecular complexity index is 1020. The fraction of sp³-hybridized carbons (Fsp3) is 0.261. The molecular weight excluding hydrogens is 430 g/mol. The fourth-order valence-corrected chi connectivity index (χ4v) is 4.40. The summed E-state index contributed by atoms with van der Waals surface area (Å²) in [6, 6.07) is 15.5. The molecule has 8 heteroatoms. The lowest BCUT2D eigenvalue weighted by atomic mass is 10.1. The molecule has 0 bridgehead atoms. The molecule has 1 heterocycles. The molecule has 31 heavy (non-hydrogen) atoms. The van der Waals surface area contributed by atoms with Crippen molar-refractivity contribution in [2.75, 3.05) is 31.3 Å². The Morgan fingerprint density at radius 2 is 1.90 bits per heavy atom. The Labute approximate surface area is 190 Å². The highest BCUT2D eigenvalue weighted by Crippen LogP contribution is 2.27. The third kappa shape index (κ3) is 6.65. The first-order valence-electron chi connectivity index (χ1n) is 9.94. The number of aryl methyl sites for hydroxylation is 1. The largest absolute Gasteiger partial charge is 0.383 e. The van der Waals surface area contributed by atoms with Crippen molar-refractivity contribution in [1.82, 2.24) is 10.3 Å². The van der Waals surface area contributed by atoms with Gasteiger partial charge in [-0.2, -0.15) is 0 Å². The minimum atomic E-state index is -0.245. The number of benzene rings is 2. The average Bonchev–Trinajstić information content (AvgIpc) is 3.26. The van der Waals surface area contributed by atoms with Crippen molar-refractivity contribution in [3.63, 3.8) is 0 Å². The van der Waals surface area contributed by atoms with E-state index in [4.69, 9.17) is 4.74 Å². The van der Waals surface area contributed by atoms with Crippen LogP contribution in [0.25, 0.3) is 11.3 Å². The van der Waals surface area contributed by atoms with E-state index in [1.165, 1.54) is 28.7 Å². The van der Waals surface area contributed by atoms with E-state index in [-0.39, 0.29) is 17.6 Å². The molecule has 6 nitrogen and oxygen atoms in total. The number of aromatic nitrogens is 1. The quantitative estimate of drug-likeness (QED) is 0.348. The summed E-state index contributed by atoms with van der Waals surface area (Å²) < 4.78 is 4.92. The number of nitrogens with zero attached hydrogens (tertiary/aromatic N) is 1. The summed E-state index contributed by atoms with van der Waals surface area (Å²) in [7, 11) is 1.59. The van der Waals surface area contributed by atoms with Crippen LogP contribution in [0, 0.1) is 0 Å². The Balaban J connectivity index is 1.63. The Kier molecular flexibility index (Phi) is 8.63. The van der Waals surface area contributed by atoms with Crippen LogP contribution >= 0.6 is 23.1 Å². The van der Waals surface area contributed by atoms with Gasteiger partial charge in [-0.15, -0.1) is 23.1 Å². The second kappa shape index (κ2) is 11.6. The molecule has 0 aliphatic carbocycles. The molecular formula is C23H25N3O3S2. The van der Waals surface area contributed by atoms with Crippen LogP contribution in [0.4, 0.5) is 5.13 Å². The molecule has 0 saturated heterocycles. The van der Waals surface area contributed by atoms with Gasteiger partial charge in [-0.25, -0.2) is 4.98 Å². The predicted octanol–water partition coefficient (Wildman–Crippen LogP) is 4.48. The summed E-state index contributed by atoms with van der Waals surface area (Å²) in [5, 5.41) is 8.12. The highest BCUT2D eigenvalue weighted by molar-refractivity contribution is 8.00. The number of amides is 2. The summed E-state index contributed by atoms with van der Waals surface area (Å²) in [5.74, 6) is -0.121. The number of thiazole rings is 1. The van der Waals surface area contributed by atoms with Gasteiger partial charge in [0.2, 0.25) is 5.91 Å². The van der Waals surface area contributed by atoms with Gasteiger partial charge in [-0.05, 0) is 24.1 Å². The molecule has 0 aliphatic rings.